The molecule has 0 aliphatic carbocycles. The average molecular weight is 357 g/mol. The lowest BCUT2D eigenvalue weighted by Crippen LogP contribution is -2.35. The van der Waals surface area contributed by atoms with E-state index in [-0.39, 0.29) is 16.1 Å². The molecule has 0 fully saturated rings. The number of rotatable bonds is 3. The summed E-state index contributed by atoms with van der Waals surface area (Å²) in [4.78, 5) is 15.6. The second-order valence-corrected chi connectivity index (χ2v) is 6.85. The monoisotopic (exact) mass is 356 g/mol. The van der Waals surface area contributed by atoms with Crippen molar-refractivity contribution >= 4 is 27.3 Å². The zero-order chi connectivity index (χ0) is 15.6. The van der Waals surface area contributed by atoms with Gasteiger partial charge in [0.2, 0.25) is 6.29 Å². The van der Waals surface area contributed by atoms with Gasteiger partial charge in [0, 0.05) is 24.1 Å². The van der Waals surface area contributed by atoms with Crippen molar-refractivity contribution in [2.24, 2.45) is 5.16 Å². The van der Waals surface area contributed by atoms with Crippen LogP contribution < -0.4 is 0 Å². The third-order valence-corrected chi connectivity index (χ3v) is 3.63. The molecule has 0 unspecified atom stereocenters. The third-order valence-electron chi connectivity index (χ3n) is 2.82. The smallest absolute Gasteiger partial charge is 0.269 e. The van der Waals surface area contributed by atoms with Gasteiger partial charge < -0.3 is 9.57 Å². The minimum atomic E-state index is -0.429. The number of hydrogen-bond acceptors (Lipinski definition) is 5. The number of halogens is 1. The summed E-state index contributed by atoms with van der Waals surface area (Å²) in [7, 11) is 0. The lowest BCUT2D eigenvalue weighted by atomic mass is 10.0. The van der Waals surface area contributed by atoms with Crippen LogP contribution in [0.5, 0.6) is 0 Å². The van der Waals surface area contributed by atoms with Crippen LogP contribution in [0.4, 0.5) is 5.69 Å². The molecule has 1 aliphatic rings. The summed E-state index contributed by atoms with van der Waals surface area (Å²) in [6.07, 6.45) is 0.212. The molecular formula is C14H17BrN2O4. The van der Waals surface area contributed by atoms with Gasteiger partial charge in [0.25, 0.3) is 5.69 Å². The van der Waals surface area contributed by atoms with Gasteiger partial charge in [-0.1, -0.05) is 21.1 Å². The van der Waals surface area contributed by atoms with Crippen LogP contribution in [0.3, 0.4) is 0 Å². The van der Waals surface area contributed by atoms with Crippen molar-refractivity contribution in [1.82, 2.24) is 0 Å². The van der Waals surface area contributed by atoms with Crippen molar-refractivity contribution in [3.05, 3.63) is 39.9 Å². The van der Waals surface area contributed by atoms with E-state index < -0.39 is 11.2 Å². The van der Waals surface area contributed by atoms with Crippen LogP contribution in [0.25, 0.3) is 0 Å². The highest BCUT2D eigenvalue weighted by molar-refractivity contribution is 9.10. The Morgan fingerprint density at radius 3 is 2.48 bits per heavy atom. The predicted octanol–water partition coefficient (Wildman–Crippen LogP) is 3.62. The van der Waals surface area contributed by atoms with Gasteiger partial charge in [-0.2, -0.15) is 0 Å². The molecule has 0 aromatic heterocycles. The number of nitro benzene ring substituents is 1. The van der Waals surface area contributed by atoms with E-state index in [4.69, 9.17) is 9.57 Å². The summed E-state index contributed by atoms with van der Waals surface area (Å²) < 4.78 is 5.74. The normalized spacial score (nSPS) is 22.4. The number of alkyl halides is 1. The number of non-ortho nitro benzene ring substituents is 1. The van der Waals surface area contributed by atoms with Crippen molar-refractivity contribution in [3.8, 4) is 0 Å². The van der Waals surface area contributed by atoms with Crippen LogP contribution in [-0.4, -0.2) is 27.4 Å². The Hall–Kier alpha value is -1.47. The number of ether oxygens (including phenoxy) is 1. The van der Waals surface area contributed by atoms with E-state index in [1.807, 2.05) is 20.8 Å². The fraction of sp³-hybridized carbons (Fsp3) is 0.500. The number of hydrogen-bond donors (Lipinski definition) is 0. The van der Waals surface area contributed by atoms with Crippen molar-refractivity contribution in [2.75, 3.05) is 0 Å². The number of nitro groups is 1. The maximum absolute atomic E-state index is 10.7. The Balaban J connectivity index is 2.12. The van der Waals surface area contributed by atoms with Crippen LogP contribution in [0.2, 0.25) is 0 Å². The molecule has 2 rings (SSSR count). The highest BCUT2D eigenvalue weighted by atomic mass is 79.9. The van der Waals surface area contributed by atoms with Gasteiger partial charge in [-0.3, -0.25) is 10.1 Å². The van der Waals surface area contributed by atoms with Crippen LogP contribution in [-0.2, 0) is 9.57 Å². The first-order valence-corrected chi connectivity index (χ1v) is 7.48. The summed E-state index contributed by atoms with van der Waals surface area (Å²) in [5.41, 5.74) is 1.24. The highest BCUT2D eigenvalue weighted by Crippen LogP contribution is 2.26. The van der Waals surface area contributed by atoms with Crippen molar-refractivity contribution in [1.29, 1.82) is 0 Å². The first-order chi connectivity index (χ1) is 9.76. The van der Waals surface area contributed by atoms with Gasteiger partial charge in [0.15, 0.2) is 0 Å². The lowest BCUT2D eigenvalue weighted by molar-refractivity contribution is -0.384. The van der Waals surface area contributed by atoms with Gasteiger partial charge in [-0.15, -0.1) is 0 Å². The van der Waals surface area contributed by atoms with E-state index in [0.29, 0.717) is 12.1 Å². The summed E-state index contributed by atoms with van der Waals surface area (Å²) in [5.74, 6) is 0. The Labute approximate surface area is 131 Å². The molecule has 0 amide bonds. The zero-order valence-electron chi connectivity index (χ0n) is 12.1. The van der Waals surface area contributed by atoms with E-state index >= 15 is 0 Å². The molecule has 0 saturated carbocycles. The van der Waals surface area contributed by atoms with Gasteiger partial charge in [-0.05, 0) is 32.9 Å². The Kier molecular flexibility index (Phi) is 4.63. The average Bonchev–Trinajstić information content (AvgIpc) is 2.37. The third kappa shape index (κ3) is 4.25. The molecule has 0 saturated heterocycles. The first-order valence-electron chi connectivity index (χ1n) is 6.57. The molecule has 0 radical (unpaired) electrons. The maximum atomic E-state index is 10.7. The molecule has 1 aromatic carbocycles. The molecule has 1 aromatic rings. The van der Waals surface area contributed by atoms with Crippen LogP contribution in [0.1, 0.15) is 32.8 Å². The topological polar surface area (TPSA) is 74.0 Å². The predicted molar refractivity (Wildman–Crippen MR) is 82.7 cm³/mol. The molecule has 114 valence electrons. The quantitative estimate of drug-likeness (QED) is 0.470. The summed E-state index contributed by atoms with van der Waals surface area (Å²) >= 11 is 3.56. The first kappa shape index (κ1) is 15.9. The van der Waals surface area contributed by atoms with Gasteiger partial charge in [0.1, 0.15) is 5.71 Å². The Bertz CT molecular complexity index is 551. The molecule has 1 aliphatic heterocycles. The minimum absolute atomic E-state index is 0.0277. The molecule has 7 heteroatoms. The van der Waals surface area contributed by atoms with Gasteiger partial charge in [-0.25, -0.2) is 0 Å². The fourth-order valence-electron chi connectivity index (χ4n) is 1.95. The highest BCUT2D eigenvalue weighted by Gasteiger charge is 2.30. The van der Waals surface area contributed by atoms with Crippen LogP contribution >= 0.6 is 15.9 Å². The molecule has 0 N–H and O–H groups in total. The van der Waals surface area contributed by atoms with Crippen LogP contribution in [0.15, 0.2) is 29.4 Å². The fourth-order valence-corrected chi connectivity index (χ4v) is 2.60. The molecule has 21 heavy (non-hydrogen) atoms. The Morgan fingerprint density at radius 1 is 1.38 bits per heavy atom. The van der Waals surface area contributed by atoms with Crippen molar-refractivity contribution in [2.45, 2.75) is 43.9 Å². The van der Waals surface area contributed by atoms with Gasteiger partial charge >= 0.3 is 0 Å². The Morgan fingerprint density at radius 2 is 2.00 bits per heavy atom. The molecular weight excluding hydrogens is 340 g/mol. The number of benzene rings is 1. The van der Waals surface area contributed by atoms with E-state index in [2.05, 4.69) is 21.1 Å². The van der Waals surface area contributed by atoms with Gasteiger partial charge in [0.05, 0.1) is 15.4 Å². The summed E-state index contributed by atoms with van der Waals surface area (Å²) in [6.45, 7) is 5.86. The maximum Gasteiger partial charge on any atom is 0.269 e. The van der Waals surface area contributed by atoms with Crippen molar-refractivity contribution < 1.29 is 14.5 Å². The van der Waals surface area contributed by atoms with Crippen molar-refractivity contribution in [3.63, 3.8) is 0 Å². The SMILES string of the molecule is CC(C)(C)O[C@H]1C[C@H](Br)C(c2ccc([N+](=O)[O-])cc2)=NO1. The van der Waals surface area contributed by atoms with E-state index in [1.165, 1.54) is 12.1 Å². The molecule has 1 heterocycles. The molecule has 2 atom stereocenters. The number of nitrogens with zero attached hydrogens (tertiary/aromatic N) is 2. The minimum Gasteiger partial charge on any atom is -0.363 e. The van der Waals surface area contributed by atoms with Crippen LogP contribution in [0, 0.1) is 10.1 Å². The van der Waals surface area contributed by atoms with E-state index in [0.717, 1.165) is 5.56 Å². The zero-order valence-corrected chi connectivity index (χ0v) is 13.7. The molecule has 0 spiro atoms. The largest absolute Gasteiger partial charge is 0.363 e. The summed E-state index contributed by atoms with van der Waals surface area (Å²) in [5, 5.41) is 14.7. The van der Waals surface area contributed by atoms with E-state index in [9.17, 15) is 10.1 Å². The number of oxime groups is 1. The second kappa shape index (κ2) is 6.11. The summed E-state index contributed by atoms with van der Waals surface area (Å²) in [6, 6.07) is 6.24. The lowest BCUT2D eigenvalue weighted by Gasteiger charge is -2.30. The van der Waals surface area contributed by atoms with E-state index in [1.54, 1.807) is 12.1 Å². The molecule has 0 bridgehead atoms. The molecule has 6 nitrogen and oxygen atoms in total. The second-order valence-electron chi connectivity index (χ2n) is 5.75. The standard InChI is InChI=1S/C14H17BrN2O4/c1-14(2,3)20-12-8-11(15)13(16-21-12)9-4-6-10(7-5-9)17(18)19/h4-7,11-12H,8H2,1-3H3/t11-,12+/m0/s1.